The Morgan fingerprint density at radius 1 is 1.40 bits per heavy atom. The Kier molecular flexibility index (Phi) is 4.55. The summed E-state index contributed by atoms with van der Waals surface area (Å²) in [6.45, 7) is 7.18. The Bertz CT molecular complexity index is 154. The van der Waals surface area contributed by atoms with Crippen LogP contribution in [0.25, 0.3) is 0 Å². The number of hydrogen-bond acceptors (Lipinski definition) is 1. The van der Waals surface area contributed by atoms with E-state index < -0.39 is 0 Å². The molecule has 0 amide bonds. The van der Waals surface area contributed by atoms with Crippen molar-refractivity contribution in [2.24, 2.45) is 0 Å². The summed E-state index contributed by atoms with van der Waals surface area (Å²) in [4.78, 5) is 10.5. The maximum absolute atomic E-state index is 10.5. The van der Waals surface area contributed by atoms with Crippen LogP contribution in [0, 0.1) is 0 Å². The van der Waals surface area contributed by atoms with Crippen LogP contribution in [-0.4, -0.2) is 5.78 Å². The SMILES string of the molecule is C=C/C=C(\C)CCC(C)=O. The largest absolute Gasteiger partial charge is 0.300 e. The second kappa shape index (κ2) is 4.98. The minimum atomic E-state index is 0.247. The molecule has 1 heteroatoms. The standard InChI is InChI=1S/C9H14O/c1-4-5-8(2)6-7-9(3)10/h4-5H,1,6-7H2,2-3H3/b8-5+. The predicted molar refractivity (Wildman–Crippen MR) is 43.9 cm³/mol. The Balaban J connectivity index is 3.58. The summed E-state index contributed by atoms with van der Waals surface area (Å²) in [7, 11) is 0. The average molecular weight is 138 g/mol. The quantitative estimate of drug-likeness (QED) is 0.545. The van der Waals surface area contributed by atoms with Crippen LogP contribution in [0.1, 0.15) is 26.7 Å². The summed E-state index contributed by atoms with van der Waals surface area (Å²) < 4.78 is 0. The highest BCUT2D eigenvalue weighted by Gasteiger charge is 1.92. The van der Waals surface area contributed by atoms with Crippen LogP contribution >= 0.6 is 0 Å². The lowest BCUT2D eigenvalue weighted by Crippen LogP contribution is -1.89. The lowest BCUT2D eigenvalue weighted by Gasteiger charge is -1.94. The third kappa shape index (κ3) is 5.29. The molecule has 56 valence electrons. The van der Waals surface area contributed by atoms with Gasteiger partial charge in [-0.3, -0.25) is 0 Å². The first-order chi connectivity index (χ1) is 4.66. The van der Waals surface area contributed by atoms with E-state index in [-0.39, 0.29) is 5.78 Å². The van der Waals surface area contributed by atoms with E-state index in [1.807, 2.05) is 13.0 Å². The van der Waals surface area contributed by atoms with Crippen LogP contribution in [0.4, 0.5) is 0 Å². The summed E-state index contributed by atoms with van der Waals surface area (Å²) in [5.41, 5.74) is 1.21. The molecule has 0 aliphatic heterocycles. The third-order valence-corrected chi connectivity index (χ3v) is 1.27. The fraction of sp³-hybridized carbons (Fsp3) is 0.444. The molecule has 0 radical (unpaired) electrons. The van der Waals surface area contributed by atoms with Crippen molar-refractivity contribution in [3.8, 4) is 0 Å². The molecule has 0 unspecified atom stereocenters. The van der Waals surface area contributed by atoms with E-state index in [9.17, 15) is 4.79 Å². The van der Waals surface area contributed by atoms with Gasteiger partial charge >= 0.3 is 0 Å². The van der Waals surface area contributed by atoms with Gasteiger partial charge in [0.2, 0.25) is 0 Å². The fourth-order valence-electron chi connectivity index (χ4n) is 0.658. The molecule has 0 saturated heterocycles. The van der Waals surface area contributed by atoms with Gasteiger partial charge in [-0.05, 0) is 20.3 Å². The minimum Gasteiger partial charge on any atom is -0.300 e. The van der Waals surface area contributed by atoms with Crippen molar-refractivity contribution in [3.05, 3.63) is 24.3 Å². The Morgan fingerprint density at radius 3 is 2.40 bits per heavy atom. The highest BCUT2D eigenvalue weighted by Crippen LogP contribution is 2.03. The molecule has 0 fully saturated rings. The number of Topliss-reactive ketones (excluding diaryl/α,β-unsaturated/α-hetero) is 1. The molecule has 0 aliphatic carbocycles. The smallest absolute Gasteiger partial charge is 0.130 e. The van der Waals surface area contributed by atoms with Gasteiger partial charge in [0.25, 0.3) is 0 Å². The van der Waals surface area contributed by atoms with Crippen molar-refractivity contribution < 1.29 is 4.79 Å². The molecule has 0 saturated carbocycles. The van der Waals surface area contributed by atoms with E-state index in [1.54, 1.807) is 13.0 Å². The number of allylic oxidation sites excluding steroid dienone is 3. The van der Waals surface area contributed by atoms with Crippen molar-refractivity contribution in [2.45, 2.75) is 26.7 Å². The number of carbonyl (C=O) groups excluding carboxylic acids is 1. The monoisotopic (exact) mass is 138 g/mol. The summed E-state index contributed by atoms with van der Waals surface area (Å²) in [6.07, 6.45) is 5.19. The van der Waals surface area contributed by atoms with Crippen LogP contribution < -0.4 is 0 Å². The second-order valence-electron chi connectivity index (χ2n) is 2.45. The van der Waals surface area contributed by atoms with Crippen LogP contribution in [-0.2, 0) is 4.79 Å². The lowest BCUT2D eigenvalue weighted by atomic mass is 10.1. The summed E-state index contributed by atoms with van der Waals surface area (Å²) in [6, 6.07) is 0. The van der Waals surface area contributed by atoms with Gasteiger partial charge in [0.1, 0.15) is 5.78 Å². The van der Waals surface area contributed by atoms with Crippen molar-refractivity contribution in [1.82, 2.24) is 0 Å². The maximum Gasteiger partial charge on any atom is 0.130 e. The van der Waals surface area contributed by atoms with Crippen LogP contribution in [0.3, 0.4) is 0 Å². The molecule has 0 aliphatic rings. The predicted octanol–water partition coefficient (Wildman–Crippen LogP) is 2.49. The average Bonchev–Trinajstić information content (AvgIpc) is 1.85. The molecule has 0 bridgehead atoms. The fourth-order valence-corrected chi connectivity index (χ4v) is 0.658. The number of ketones is 1. The molecule has 0 rings (SSSR count). The molecule has 0 N–H and O–H groups in total. The first kappa shape index (κ1) is 9.15. The van der Waals surface area contributed by atoms with E-state index in [0.717, 1.165) is 6.42 Å². The zero-order valence-electron chi connectivity index (χ0n) is 6.68. The third-order valence-electron chi connectivity index (χ3n) is 1.27. The molecule has 0 spiro atoms. The highest BCUT2D eigenvalue weighted by atomic mass is 16.1. The number of rotatable bonds is 4. The van der Waals surface area contributed by atoms with Gasteiger partial charge in [-0.25, -0.2) is 0 Å². The summed E-state index contributed by atoms with van der Waals surface area (Å²) in [5, 5.41) is 0. The zero-order chi connectivity index (χ0) is 7.98. The van der Waals surface area contributed by atoms with Gasteiger partial charge in [-0.2, -0.15) is 0 Å². The van der Waals surface area contributed by atoms with Crippen molar-refractivity contribution in [2.75, 3.05) is 0 Å². The van der Waals surface area contributed by atoms with Gasteiger partial charge in [-0.1, -0.05) is 24.3 Å². The molecule has 10 heavy (non-hydrogen) atoms. The number of hydrogen-bond donors (Lipinski definition) is 0. The molecular weight excluding hydrogens is 124 g/mol. The van der Waals surface area contributed by atoms with E-state index in [2.05, 4.69) is 6.58 Å². The van der Waals surface area contributed by atoms with Crippen molar-refractivity contribution >= 4 is 5.78 Å². The second-order valence-corrected chi connectivity index (χ2v) is 2.45. The lowest BCUT2D eigenvalue weighted by molar-refractivity contribution is -0.116. The highest BCUT2D eigenvalue weighted by molar-refractivity contribution is 5.75. The van der Waals surface area contributed by atoms with Crippen molar-refractivity contribution in [3.63, 3.8) is 0 Å². The maximum atomic E-state index is 10.5. The van der Waals surface area contributed by atoms with Gasteiger partial charge in [0.05, 0.1) is 0 Å². The summed E-state index contributed by atoms with van der Waals surface area (Å²) in [5.74, 6) is 0.247. The van der Waals surface area contributed by atoms with Gasteiger partial charge in [-0.15, -0.1) is 0 Å². The molecule has 0 aromatic rings. The van der Waals surface area contributed by atoms with Gasteiger partial charge in [0, 0.05) is 6.42 Å². The Morgan fingerprint density at radius 2 is 2.00 bits per heavy atom. The first-order valence-corrected chi connectivity index (χ1v) is 3.44. The molecule has 0 atom stereocenters. The van der Waals surface area contributed by atoms with E-state index in [4.69, 9.17) is 0 Å². The van der Waals surface area contributed by atoms with Gasteiger partial charge < -0.3 is 4.79 Å². The van der Waals surface area contributed by atoms with Crippen LogP contribution in [0.5, 0.6) is 0 Å². The Hall–Kier alpha value is -0.850. The Labute approximate surface area is 62.4 Å². The molecular formula is C9H14O. The molecule has 0 aromatic heterocycles. The molecule has 0 heterocycles. The number of carbonyl (C=O) groups is 1. The topological polar surface area (TPSA) is 17.1 Å². The van der Waals surface area contributed by atoms with Crippen LogP contribution in [0.15, 0.2) is 24.3 Å². The normalized spacial score (nSPS) is 11.2. The van der Waals surface area contributed by atoms with E-state index in [0.29, 0.717) is 6.42 Å². The van der Waals surface area contributed by atoms with Gasteiger partial charge in [0.15, 0.2) is 0 Å². The van der Waals surface area contributed by atoms with Crippen molar-refractivity contribution in [1.29, 1.82) is 0 Å². The molecule has 0 aromatic carbocycles. The summed E-state index contributed by atoms with van der Waals surface area (Å²) >= 11 is 0. The van der Waals surface area contributed by atoms with Crippen LogP contribution in [0.2, 0.25) is 0 Å². The molecule has 1 nitrogen and oxygen atoms in total. The minimum absolute atomic E-state index is 0.247. The first-order valence-electron chi connectivity index (χ1n) is 3.44. The van der Waals surface area contributed by atoms with E-state index in [1.165, 1.54) is 5.57 Å². The zero-order valence-corrected chi connectivity index (χ0v) is 6.68. The van der Waals surface area contributed by atoms with E-state index >= 15 is 0 Å².